The first kappa shape index (κ1) is 21.9. The van der Waals surface area contributed by atoms with E-state index in [-0.39, 0.29) is 5.41 Å². The first-order valence-corrected chi connectivity index (χ1v) is 10.6. The summed E-state index contributed by atoms with van der Waals surface area (Å²) in [6.07, 6.45) is 11.9. The van der Waals surface area contributed by atoms with Gasteiger partial charge in [0, 0.05) is 18.0 Å². The third kappa shape index (κ3) is 4.38. The number of aromatic nitrogens is 2. The molecule has 1 aliphatic rings. The Bertz CT molecular complexity index is 891. The van der Waals surface area contributed by atoms with E-state index in [4.69, 9.17) is 4.98 Å². The quantitative estimate of drug-likeness (QED) is 0.536. The van der Waals surface area contributed by atoms with Crippen LogP contribution in [0.1, 0.15) is 67.4 Å². The van der Waals surface area contributed by atoms with Gasteiger partial charge in [-0.1, -0.05) is 84.0 Å². The van der Waals surface area contributed by atoms with Crippen LogP contribution in [0.4, 0.5) is 0 Å². The molecule has 1 heterocycles. The molecule has 0 aliphatic heterocycles. The Labute approximate surface area is 171 Å². The lowest BCUT2D eigenvalue weighted by Crippen LogP contribution is -2.17. The van der Waals surface area contributed by atoms with Crippen molar-refractivity contribution in [2.45, 2.75) is 67.2 Å². The van der Waals surface area contributed by atoms with E-state index < -0.39 is 0 Å². The minimum atomic E-state index is 0.111. The highest BCUT2D eigenvalue weighted by molar-refractivity contribution is 5.75. The summed E-state index contributed by atoms with van der Waals surface area (Å²) in [4.78, 5) is 4.77. The predicted octanol–water partition coefficient (Wildman–Crippen LogP) is 7.65. The van der Waals surface area contributed by atoms with Crippen LogP contribution in [0, 0.1) is 5.92 Å². The van der Waals surface area contributed by atoms with Crippen LogP contribution in [-0.2, 0) is 5.41 Å². The molecule has 1 atom stereocenters. The van der Waals surface area contributed by atoms with Crippen LogP contribution >= 0.6 is 0 Å². The smallest absolute Gasteiger partial charge is 0.144 e. The molecule has 1 aromatic carbocycles. The molecule has 0 amide bonds. The molecule has 2 heteroatoms. The summed E-state index contributed by atoms with van der Waals surface area (Å²) in [6.45, 7) is 17.5. The number of allylic oxidation sites excluding steroid dienone is 6. The third-order valence-corrected chi connectivity index (χ3v) is 5.57. The van der Waals surface area contributed by atoms with Gasteiger partial charge in [-0.15, -0.1) is 0 Å². The van der Waals surface area contributed by atoms with E-state index >= 15 is 0 Å². The second-order valence-corrected chi connectivity index (χ2v) is 8.00. The average molecular weight is 377 g/mol. The molecule has 28 heavy (non-hydrogen) atoms. The minimum absolute atomic E-state index is 0.111. The summed E-state index contributed by atoms with van der Waals surface area (Å²) >= 11 is 0. The van der Waals surface area contributed by atoms with Crippen molar-refractivity contribution in [2.75, 3.05) is 0 Å². The van der Waals surface area contributed by atoms with E-state index in [2.05, 4.69) is 94.8 Å². The van der Waals surface area contributed by atoms with Crippen molar-refractivity contribution in [3.63, 3.8) is 0 Å². The molecule has 1 aliphatic carbocycles. The van der Waals surface area contributed by atoms with Crippen LogP contribution in [0.25, 0.3) is 17.1 Å². The molecule has 0 fully saturated rings. The van der Waals surface area contributed by atoms with Crippen molar-refractivity contribution in [1.29, 1.82) is 0 Å². The van der Waals surface area contributed by atoms with E-state index in [1.807, 2.05) is 20.0 Å². The van der Waals surface area contributed by atoms with Gasteiger partial charge in [-0.05, 0) is 48.3 Å². The molecule has 150 valence electrons. The maximum atomic E-state index is 4.77. The first-order valence-electron chi connectivity index (χ1n) is 10.6. The lowest BCUT2D eigenvalue weighted by molar-refractivity contribution is 0.507. The van der Waals surface area contributed by atoms with Crippen LogP contribution in [-0.4, -0.2) is 9.55 Å². The number of hydrogen-bond donors (Lipinski definition) is 0. The fourth-order valence-electron chi connectivity index (χ4n) is 3.74. The van der Waals surface area contributed by atoms with Crippen molar-refractivity contribution in [2.24, 2.45) is 5.92 Å². The Morgan fingerprint density at radius 2 is 1.79 bits per heavy atom. The van der Waals surface area contributed by atoms with Gasteiger partial charge in [0.2, 0.25) is 0 Å². The summed E-state index contributed by atoms with van der Waals surface area (Å²) in [5.74, 6) is 1.47. The molecule has 0 spiro atoms. The zero-order valence-electron chi connectivity index (χ0n) is 18.9. The van der Waals surface area contributed by atoms with E-state index in [9.17, 15) is 0 Å². The Morgan fingerprint density at radius 3 is 2.46 bits per heavy atom. The van der Waals surface area contributed by atoms with Crippen LogP contribution in [0.5, 0.6) is 0 Å². The summed E-state index contributed by atoms with van der Waals surface area (Å²) in [5.41, 5.74) is 6.49. The lowest BCUT2D eigenvalue weighted by Gasteiger charge is -2.27. The van der Waals surface area contributed by atoms with E-state index in [0.29, 0.717) is 5.92 Å². The minimum Gasteiger partial charge on any atom is -0.299 e. The SMILES string of the molecule is CC.CCC(C)(C)c1ccccc1-c1nccn1C1=C(C)C=CC(C)C=C1C. The summed E-state index contributed by atoms with van der Waals surface area (Å²) < 4.78 is 2.26. The standard InChI is InChI=1S/C24H30N2.C2H6/c1-7-24(5,6)21-11-9-8-10-20(21)23-25-14-15-26(23)22-18(3)13-12-17(2)16-19(22)4;1-2/h8-17H,7H2,1-6H3;1-2H3. The largest absolute Gasteiger partial charge is 0.299 e. The summed E-state index contributed by atoms with van der Waals surface area (Å²) in [5, 5.41) is 0. The highest BCUT2D eigenvalue weighted by Crippen LogP contribution is 2.37. The molecular formula is C26H36N2. The second kappa shape index (κ2) is 9.23. The molecule has 0 saturated heterocycles. The third-order valence-electron chi connectivity index (χ3n) is 5.57. The van der Waals surface area contributed by atoms with Gasteiger partial charge in [-0.3, -0.25) is 4.57 Å². The van der Waals surface area contributed by atoms with Crippen molar-refractivity contribution in [1.82, 2.24) is 9.55 Å². The number of benzene rings is 1. The van der Waals surface area contributed by atoms with Crippen molar-refractivity contribution >= 4 is 5.70 Å². The van der Waals surface area contributed by atoms with E-state index in [1.165, 1.54) is 28.0 Å². The fourth-order valence-corrected chi connectivity index (χ4v) is 3.74. The van der Waals surface area contributed by atoms with Crippen molar-refractivity contribution in [3.8, 4) is 11.4 Å². The van der Waals surface area contributed by atoms with Crippen LogP contribution < -0.4 is 0 Å². The Balaban J connectivity index is 0.00000136. The lowest BCUT2D eigenvalue weighted by atomic mass is 9.79. The molecular weight excluding hydrogens is 340 g/mol. The van der Waals surface area contributed by atoms with Gasteiger partial charge < -0.3 is 0 Å². The van der Waals surface area contributed by atoms with Gasteiger partial charge >= 0.3 is 0 Å². The van der Waals surface area contributed by atoms with Gasteiger partial charge in [-0.25, -0.2) is 4.98 Å². The Morgan fingerprint density at radius 1 is 1.11 bits per heavy atom. The molecule has 0 radical (unpaired) electrons. The molecule has 1 aromatic heterocycles. The number of rotatable bonds is 4. The summed E-state index contributed by atoms with van der Waals surface area (Å²) in [7, 11) is 0. The van der Waals surface area contributed by atoms with Crippen LogP contribution in [0.3, 0.4) is 0 Å². The van der Waals surface area contributed by atoms with Crippen LogP contribution in [0.15, 0.2) is 66.0 Å². The van der Waals surface area contributed by atoms with E-state index in [0.717, 1.165) is 12.2 Å². The van der Waals surface area contributed by atoms with Crippen molar-refractivity contribution in [3.05, 3.63) is 71.6 Å². The molecule has 2 nitrogen and oxygen atoms in total. The topological polar surface area (TPSA) is 17.8 Å². The molecule has 3 rings (SSSR count). The zero-order valence-corrected chi connectivity index (χ0v) is 18.9. The number of nitrogens with zero attached hydrogens (tertiary/aromatic N) is 2. The van der Waals surface area contributed by atoms with Gasteiger partial charge in [-0.2, -0.15) is 0 Å². The fraction of sp³-hybridized carbons (Fsp3) is 0.423. The highest BCUT2D eigenvalue weighted by atomic mass is 15.1. The normalized spacial score (nSPS) is 17.0. The summed E-state index contributed by atoms with van der Waals surface area (Å²) in [6, 6.07) is 8.70. The van der Waals surface area contributed by atoms with Gasteiger partial charge in [0.05, 0.1) is 5.70 Å². The van der Waals surface area contributed by atoms with Gasteiger partial charge in [0.25, 0.3) is 0 Å². The molecule has 0 N–H and O–H groups in total. The van der Waals surface area contributed by atoms with Crippen LogP contribution in [0.2, 0.25) is 0 Å². The monoisotopic (exact) mass is 376 g/mol. The Kier molecular flexibility index (Phi) is 7.23. The molecule has 0 bridgehead atoms. The maximum Gasteiger partial charge on any atom is 0.144 e. The number of hydrogen-bond acceptors (Lipinski definition) is 1. The first-order chi connectivity index (χ1) is 13.3. The highest BCUT2D eigenvalue weighted by Gasteiger charge is 2.24. The van der Waals surface area contributed by atoms with E-state index in [1.54, 1.807) is 0 Å². The molecule has 2 aromatic rings. The zero-order chi connectivity index (χ0) is 20.9. The molecule has 0 saturated carbocycles. The maximum absolute atomic E-state index is 4.77. The Hall–Kier alpha value is -2.35. The second-order valence-electron chi connectivity index (χ2n) is 8.00. The van der Waals surface area contributed by atoms with Crippen molar-refractivity contribution < 1.29 is 0 Å². The van der Waals surface area contributed by atoms with Gasteiger partial charge in [0.15, 0.2) is 0 Å². The van der Waals surface area contributed by atoms with Gasteiger partial charge in [0.1, 0.15) is 5.82 Å². The predicted molar refractivity (Wildman–Crippen MR) is 123 cm³/mol. The average Bonchev–Trinajstić information content (AvgIpc) is 3.12. The number of imidazole rings is 1. The molecule has 1 unspecified atom stereocenters.